The average molecular weight is 676 g/mol. The van der Waals surface area contributed by atoms with E-state index in [0.29, 0.717) is 34.6 Å². The molecule has 4 aromatic carbocycles. The molecule has 0 fully saturated rings. The normalized spacial score (nSPS) is 15.1. The lowest BCUT2D eigenvalue weighted by atomic mass is 9.95. The highest BCUT2D eigenvalue weighted by atomic mass is 19.4. The number of carbonyl (C=O) groups excluding carboxylic acids is 2. The Balaban J connectivity index is 0.000000698. The van der Waals surface area contributed by atoms with Crippen molar-refractivity contribution in [2.24, 2.45) is 5.73 Å². The molecule has 0 spiro atoms. The highest BCUT2D eigenvalue weighted by molar-refractivity contribution is 6.14. The van der Waals surface area contributed by atoms with Gasteiger partial charge in [-0.3, -0.25) is 19.3 Å². The number of unbranched alkanes of at least 4 members (excludes halogenated alkanes) is 2. The molecule has 2 unspecified atom stereocenters. The van der Waals surface area contributed by atoms with E-state index < -0.39 is 30.2 Å². The number of alkyl halides is 3. The number of para-hydroxylation sites is 1. The van der Waals surface area contributed by atoms with Crippen LogP contribution in [0.25, 0.3) is 0 Å². The third kappa shape index (κ3) is 9.11. The van der Waals surface area contributed by atoms with Gasteiger partial charge in [0.05, 0.1) is 23.7 Å². The molecular formula is C37H36F3N3O6. The summed E-state index contributed by atoms with van der Waals surface area (Å²) in [6.45, 7) is 0.636. The molecular weight excluding hydrogens is 639 g/mol. The van der Waals surface area contributed by atoms with Crippen LogP contribution in [0.3, 0.4) is 0 Å². The van der Waals surface area contributed by atoms with Crippen LogP contribution in [-0.4, -0.2) is 51.6 Å². The van der Waals surface area contributed by atoms with Crippen LogP contribution in [0.2, 0.25) is 0 Å². The minimum absolute atomic E-state index is 0.332. The molecule has 2 atom stereocenters. The lowest BCUT2D eigenvalue weighted by Crippen LogP contribution is -2.43. The summed E-state index contributed by atoms with van der Waals surface area (Å²) in [6, 6.07) is 31.2. The number of nitrogens with two attached hydrogens (primary N) is 1. The number of benzene rings is 4. The number of aryl methyl sites for hydroxylation is 1. The molecule has 12 heteroatoms. The van der Waals surface area contributed by atoms with E-state index in [1.165, 1.54) is 4.90 Å². The van der Waals surface area contributed by atoms with Gasteiger partial charge in [-0.1, -0.05) is 91.3 Å². The van der Waals surface area contributed by atoms with Crippen molar-refractivity contribution in [3.63, 3.8) is 0 Å². The molecule has 4 N–H and O–H groups in total. The molecule has 0 aliphatic carbocycles. The number of amides is 2. The second-order valence-corrected chi connectivity index (χ2v) is 11.3. The Hall–Kier alpha value is -5.49. The molecule has 0 radical (unpaired) electrons. The number of hydrogen-bond donors (Lipinski definition) is 3. The average Bonchev–Trinajstić information content (AvgIpc) is 3.18. The number of anilines is 2. The number of carbonyl (C=O) groups is 4. The van der Waals surface area contributed by atoms with Gasteiger partial charge in [-0.2, -0.15) is 13.2 Å². The molecule has 49 heavy (non-hydrogen) atoms. The predicted octanol–water partition coefficient (Wildman–Crippen LogP) is 7.07. The number of halogens is 3. The number of aliphatic carboxylic acids is 2. The van der Waals surface area contributed by atoms with Crippen LogP contribution in [-0.2, 0) is 20.8 Å². The van der Waals surface area contributed by atoms with E-state index in [1.807, 2.05) is 109 Å². The van der Waals surface area contributed by atoms with Gasteiger partial charge in [0, 0.05) is 5.69 Å². The van der Waals surface area contributed by atoms with Crippen molar-refractivity contribution in [1.82, 2.24) is 4.90 Å². The van der Waals surface area contributed by atoms with Crippen LogP contribution < -0.4 is 10.6 Å². The van der Waals surface area contributed by atoms with E-state index in [1.54, 1.807) is 4.90 Å². The molecule has 1 heterocycles. The molecule has 4 aromatic rings. The first kappa shape index (κ1) is 36.3. The smallest absolute Gasteiger partial charge is 0.481 e. The van der Waals surface area contributed by atoms with Crippen LogP contribution in [0.4, 0.5) is 24.5 Å². The molecule has 0 saturated heterocycles. The zero-order valence-corrected chi connectivity index (χ0v) is 26.4. The summed E-state index contributed by atoms with van der Waals surface area (Å²) in [6.07, 6.45) is -1.84. The number of hydrogen-bond acceptors (Lipinski definition) is 5. The van der Waals surface area contributed by atoms with Crippen molar-refractivity contribution >= 4 is 35.1 Å². The van der Waals surface area contributed by atoms with E-state index in [9.17, 15) is 32.7 Å². The van der Waals surface area contributed by atoms with Gasteiger partial charge in [0.2, 0.25) is 0 Å². The molecule has 256 valence electrons. The second-order valence-electron chi connectivity index (χ2n) is 11.3. The molecule has 5 rings (SSSR count). The van der Waals surface area contributed by atoms with Gasteiger partial charge >= 0.3 is 18.1 Å². The number of carboxylic acids is 2. The first-order valence-corrected chi connectivity index (χ1v) is 15.6. The first-order valence-electron chi connectivity index (χ1n) is 15.6. The summed E-state index contributed by atoms with van der Waals surface area (Å²) in [7, 11) is 0. The summed E-state index contributed by atoms with van der Waals surface area (Å²) in [4.78, 5) is 53.8. The minimum Gasteiger partial charge on any atom is -0.481 e. The maximum atomic E-state index is 14.8. The Labute approximate surface area is 281 Å². The SMILES string of the molecule is NCCCCCc1ccc2c(c1)C(=O)N(C(CC(=O)O)c1ccccc1)C(c1ccccc1)C(=O)N2c1ccccc1.O=C(O)C(F)(F)F. The number of rotatable bonds is 11. The Morgan fingerprint density at radius 2 is 1.37 bits per heavy atom. The summed E-state index contributed by atoms with van der Waals surface area (Å²) in [5.74, 6) is -4.53. The second kappa shape index (κ2) is 16.6. The predicted molar refractivity (Wildman–Crippen MR) is 177 cm³/mol. The van der Waals surface area contributed by atoms with Crippen molar-refractivity contribution in [2.45, 2.75) is 50.4 Å². The van der Waals surface area contributed by atoms with Crippen molar-refractivity contribution in [1.29, 1.82) is 0 Å². The highest BCUT2D eigenvalue weighted by Gasteiger charge is 2.45. The topological polar surface area (TPSA) is 141 Å². The lowest BCUT2D eigenvalue weighted by molar-refractivity contribution is -0.192. The molecule has 2 amide bonds. The van der Waals surface area contributed by atoms with E-state index in [4.69, 9.17) is 15.6 Å². The molecule has 0 saturated carbocycles. The van der Waals surface area contributed by atoms with Crippen LogP contribution in [0, 0.1) is 0 Å². The minimum atomic E-state index is -5.08. The van der Waals surface area contributed by atoms with Gasteiger partial charge in [0.15, 0.2) is 0 Å². The summed E-state index contributed by atoms with van der Waals surface area (Å²) >= 11 is 0. The largest absolute Gasteiger partial charge is 0.490 e. The zero-order valence-electron chi connectivity index (χ0n) is 26.4. The maximum Gasteiger partial charge on any atom is 0.490 e. The fourth-order valence-corrected chi connectivity index (χ4v) is 5.69. The van der Waals surface area contributed by atoms with Crippen LogP contribution in [0.15, 0.2) is 109 Å². The number of fused-ring (bicyclic) bond motifs is 1. The molecule has 1 aliphatic heterocycles. The monoisotopic (exact) mass is 675 g/mol. The Morgan fingerprint density at radius 3 is 1.92 bits per heavy atom. The maximum absolute atomic E-state index is 14.8. The number of nitrogens with zero attached hydrogens (tertiary/aromatic N) is 2. The van der Waals surface area contributed by atoms with Crippen LogP contribution in [0.1, 0.15) is 64.8 Å². The van der Waals surface area contributed by atoms with Crippen molar-refractivity contribution in [2.75, 3.05) is 11.4 Å². The quantitative estimate of drug-likeness (QED) is 0.144. The van der Waals surface area contributed by atoms with Crippen LogP contribution >= 0.6 is 0 Å². The van der Waals surface area contributed by atoms with Gasteiger partial charge < -0.3 is 20.8 Å². The standard InChI is InChI=1S/C35H35N3O4.C2HF3O2/c36-22-12-4-5-13-25-20-21-30-29(23-25)34(41)38(31(24-32(39)40)26-14-6-1-7-15-26)33(27-16-8-2-9-17-27)35(42)37(30)28-18-10-3-11-19-28;3-2(4,5)1(6)7/h1-3,6-11,14-21,23,31,33H,4-5,12-13,22,24,36H2,(H,39,40);(H,6,7). The van der Waals surface area contributed by atoms with Crippen molar-refractivity contribution in [3.05, 3.63) is 131 Å². The third-order valence-electron chi connectivity index (χ3n) is 7.93. The Kier molecular flexibility index (Phi) is 12.3. The summed E-state index contributed by atoms with van der Waals surface area (Å²) < 4.78 is 31.7. The molecule has 0 aromatic heterocycles. The summed E-state index contributed by atoms with van der Waals surface area (Å²) in [5.41, 5.74) is 9.39. The number of carboxylic acid groups (broad SMARTS) is 2. The Morgan fingerprint density at radius 1 is 0.796 bits per heavy atom. The van der Waals surface area contributed by atoms with E-state index >= 15 is 0 Å². The van der Waals surface area contributed by atoms with Crippen LogP contribution in [0.5, 0.6) is 0 Å². The molecule has 0 bridgehead atoms. The molecule has 9 nitrogen and oxygen atoms in total. The van der Waals surface area contributed by atoms with E-state index in [0.717, 1.165) is 31.2 Å². The third-order valence-corrected chi connectivity index (χ3v) is 7.93. The highest BCUT2D eigenvalue weighted by Crippen LogP contribution is 2.43. The van der Waals surface area contributed by atoms with Gasteiger partial charge in [-0.15, -0.1) is 0 Å². The fraction of sp³-hybridized carbons (Fsp3) is 0.243. The zero-order chi connectivity index (χ0) is 35.6. The van der Waals surface area contributed by atoms with Gasteiger partial charge in [-0.05, 0) is 66.8 Å². The van der Waals surface area contributed by atoms with Crippen molar-refractivity contribution < 1.29 is 42.6 Å². The fourth-order valence-electron chi connectivity index (χ4n) is 5.69. The van der Waals surface area contributed by atoms with Crippen molar-refractivity contribution in [3.8, 4) is 0 Å². The Bertz CT molecular complexity index is 1740. The lowest BCUT2D eigenvalue weighted by Gasteiger charge is -2.37. The van der Waals surface area contributed by atoms with Gasteiger partial charge in [0.1, 0.15) is 6.04 Å². The van der Waals surface area contributed by atoms with E-state index in [2.05, 4.69) is 0 Å². The first-order chi connectivity index (χ1) is 23.4. The van der Waals surface area contributed by atoms with Gasteiger partial charge in [-0.25, -0.2) is 4.79 Å². The van der Waals surface area contributed by atoms with Gasteiger partial charge in [0.25, 0.3) is 11.8 Å². The summed E-state index contributed by atoms with van der Waals surface area (Å²) in [5, 5.41) is 17.1. The molecule has 1 aliphatic rings. The van der Waals surface area contributed by atoms with E-state index in [-0.39, 0.29) is 18.2 Å².